The van der Waals surface area contributed by atoms with Crippen LogP contribution in [0, 0.1) is 0 Å². The van der Waals surface area contributed by atoms with E-state index in [1.54, 1.807) is 55.6 Å². The summed E-state index contributed by atoms with van der Waals surface area (Å²) < 4.78 is 33.6. The van der Waals surface area contributed by atoms with Gasteiger partial charge in [-0.25, -0.2) is 8.42 Å². The van der Waals surface area contributed by atoms with Crippen molar-refractivity contribution in [2.75, 3.05) is 13.7 Å². The molecule has 0 fully saturated rings. The zero-order valence-corrected chi connectivity index (χ0v) is 20.5. The molecule has 3 aromatic carbocycles. The first kappa shape index (κ1) is 24.3. The van der Waals surface area contributed by atoms with Crippen LogP contribution in [0.3, 0.4) is 0 Å². The second kappa shape index (κ2) is 11.0. The third kappa shape index (κ3) is 6.32. The van der Waals surface area contributed by atoms with Crippen LogP contribution in [0.15, 0.2) is 82.2 Å². The molecule has 0 aromatic heterocycles. The molecule has 3 rings (SSSR count). The number of nitrogens with zero attached hydrogens (tertiary/aromatic N) is 1. The first-order valence-electron chi connectivity index (χ1n) is 9.68. The van der Waals surface area contributed by atoms with Gasteiger partial charge in [-0.05, 0) is 53.6 Å². The SMILES string of the molecule is COc1ccc(CNC(=O)CN(Cc2ccccc2Cl)S(=O)(=O)c2ccc(Br)cc2)cc1. The Morgan fingerprint density at radius 2 is 1.69 bits per heavy atom. The van der Waals surface area contributed by atoms with E-state index in [1.165, 1.54) is 12.1 Å². The van der Waals surface area contributed by atoms with Crippen molar-refractivity contribution in [3.63, 3.8) is 0 Å². The molecule has 9 heteroatoms. The van der Waals surface area contributed by atoms with Gasteiger partial charge in [-0.1, -0.05) is 57.9 Å². The average molecular weight is 538 g/mol. The fourth-order valence-electron chi connectivity index (χ4n) is 2.96. The Hall–Kier alpha value is -2.39. The predicted molar refractivity (Wildman–Crippen MR) is 128 cm³/mol. The Kier molecular flexibility index (Phi) is 8.31. The number of rotatable bonds is 9. The van der Waals surface area contributed by atoms with Crippen molar-refractivity contribution in [2.45, 2.75) is 18.0 Å². The molecule has 0 bridgehead atoms. The van der Waals surface area contributed by atoms with Gasteiger partial charge < -0.3 is 10.1 Å². The topological polar surface area (TPSA) is 75.7 Å². The van der Waals surface area contributed by atoms with E-state index in [2.05, 4.69) is 21.2 Å². The molecule has 0 spiro atoms. The quantitative estimate of drug-likeness (QED) is 0.432. The maximum absolute atomic E-state index is 13.3. The van der Waals surface area contributed by atoms with Crippen molar-refractivity contribution in [3.05, 3.63) is 93.4 Å². The lowest BCUT2D eigenvalue weighted by Crippen LogP contribution is -2.40. The molecule has 168 valence electrons. The summed E-state index contributed by atoms with van der Waals surface area (Å²) in [5.74, 6) is 0.292. The van der Waals surface area contributed by atoms with Crippen molar-refractivity contribution >= 4 is 43.5 Å². The molecule has 6 nitrogen and oxygen atoms in total. The zero-order chi connectivity index (χ0) is 23.1. The zero-order valence-electron chi connectivity index (χ0n) is 17.3. The van der Waals surface area contributed by atoms with Crippen LogP contribution in [-0.2, 0) is 27.9 Å². The maximum Gasteiger partial charge on any atom is 0.243 e. The standard InChI is InChI=1S/C23H22BrClN2O4S/c1-31-20-10-6-17(7-11-20)14-26-23(28)16-27(15-18-4-2-3-5-22(18)25)32(29,30)21-12-8-19(24)9-13-21/h2-13H,14-16H2,1H3,(H,26,28). The molecular weight excluding hydrogens is 516 g/mol. The minimum Gasteiger partial charge on any atom is -0.497 e. The average Bonchev–Trinajstić information content (AvgIpc) is 2.79. The maximum atomic E-state index is 13.3. The molecule has 1 N–H and O–H groups in total. The van der Waals surface area contributed by atoms with Gasteiger partial charge in [0.2, 0.25) is 15.9 Å². The van der Waals surface area contributed by atoms with E-state index in [0.717, 1.165) is 14.3 Å². The predicted octanol–water partition coefficient (Wildman–Crippen LogP) is 4.62. The van der Waals surface area contributed by atoms with Gasteiger partial charge in [0.15, 0.2) is 0 Å². The second-order valence-electron chi connectivity index (χ2n) is 6.94. The Balaban J connectivity index is 1.79. The van der Waals surface area contributed by atoms with E-state index in [0.29, 0.717) is 16.3 Å². The summed E-state index contributed by atoms with van der Waals surface area (Å²) in [6, 6.07) is 20.5. The number of hydrogen-bond acceptors (Lipinski definition) is 4. The lowest BCUT2D eigenvalue weighted by molar-refractivity contribution is -0.121. The Labute approximate surface area is 201 Å². The van der Waals surface area contributed by atoms with Gasteiger partial charge in [-0.15, -0.1) is 0 Å². The Morgan fingerprint density at radius 3 is 2.31 bits per heavy atom. The molecule has 0 radical (unpaired) electrons. The summed E-state index contributed by atoms with van der Waals surface area (Å²) >= 11 is 9.56. The highest BCUT2D eigenvalue weighted by molar-refractivity contribution is 9.10. The second-order valence-corrected chi connectivity index (χ2v) is 10.2. The third-order valence-electron chi connectivity index (χ3n) is 4.72. The van der Waals surface area contributed by atoms with Crippen molar-refractivity contribution in [2.24, 2.45) is 0 Å². The first-order chi connectivity index (χ1) is 15.3. The van der Waals surface area contributed by atoms with Gasteiger partial charge in [0.25, 0.3) is 0 Å². The van der Waals surface area contributed by atoms with Crippen molar-refractivity contribution in [3.8, 4) is 5.75 Å². The van der Waals surface area contributed by atoms with Crippen LogP contribution >= 0.6 is 27.5 Å². The fraction of sp³-hybridized carbons (Fsp3) is 0.174. The molecule has 0 saturated heterocycles. The number of ether oxygens (including phenoxy) is 1. The van der Waals surface area contributed by atoms with E-state index in [1.807, 2.05) is 12.1 Å². The number of benzene rings is 3. The van der Waals surface area contributed by atoms with Crippen LogP contribution in [0.1, 0.15) is 11.1 Å². The highest BCUT2D eigenvalue weighted by Gasteiger charge is 2.27. The summed E-state index contributed by atoms with van der Waals surface area (Å²) in [4.78, 5) is 12.8. The van der Waals surface area contributed by atoms with Crippen LogP contribution in [0.5, 0.6) is 5.75 Å². The number of carbonyl (C=O) groups excluding carboxylic acids is 1. The molecule has 0 saturated carbocycles. The summed E-state index contributed by atoms with van der Waals surface area (Å²) in [7, 11) is -2.36. The number of hydrogen-bond donors (Lipinski definition) is 1. The molecule has 0 heterocycles. The monoisotopic (exact) mass is 536 g/mol. The summed E-state index contributed by atoms with van der Waals surface area (Å²) in [6.45, 7) is -0.116. The molecule has 0 aliphatic carbocycles. The van der Waals surface area contributed by atoms with Gasteiger partial charge in [-0.2, -0.15) is 4.31 Å². The smallest absolute Gasteiger partial charge is 0.243 e. The van der Waals surface area contributed by atoms with Crippen LogP contribution in [0.25, 0.3) is 0 Å². The molecule has 0 atom stereocenters. The van der Waals surface area contributed by atoms with E-state index >= 15 is 0 Å². The molecular formula is C23H22BrClN2O4S. The summed E-state index contributed by atoms with van der Waals surface area (Å²) in [6.07, 6.45) is 0. The minimum absolute atomic E-state index is 0.0337. The van der Waals surface area contributed by atoms with Crippen LogP contribution in [-0.4, -0.2) is 32.3 Å². The van der Waals surface area contributed by atoms with E-state index < -0.39 is 15.9 Å². The number of sulfonamides is 1. The van der Waals surface area contributed by atoms with Gasteiger partial charge in [0.05, 0.1) is 18.6 Å². The third-order valence-corrected chi connectivity index (χ3v) is 7.43. The van der Waals surface area contributed by atoms with Crippen LogP contribution in [0.2, 0.25) is 5.02 Å². The number of halogens is 2. The van der Waals surface area contributed by atoms with Gasteiger partial charge in [0, 0.05) is 22.6 Å². The Bertz CT molecular complexity index is 1170. The van der Waals surface area contributed by atoms with E-state index in [9.17, 15) is 13.2 Å². The fourth-order valence-corrected chi connectivity index (χ4v) is 4.79. The number of carbonyl (C=O) groups is 1. The van der Waals surface area contributed by atoms with Crippen molar-refractivity contribution in [1.82, 2.24) is 9.62 Å². The number of nitrogens with one attached hydrogen (secondary N) is 1. The first-order valence-corrected chi connectivity index (χ1v) is 12.3. The molecule has 0 aliphatic rings. The summed E-state index contributed by atoms with van der Waals surface area (Å²) in [5.41, 5.74) is 1.48. The highest BCUT2D eigenvalue weighted by atomic mass is 79.9. The highest BCUT2D eigenvalue weighted by Crippen LogP contribution is 2.23. The molecule has 32 heavy (non-hydrogen) atoms. The van der Waals surface area contributed by atoms with Crippen molar-refractivity contribution < 1.29 is 17.9 Å². The molecule has 0 aliphatic heterocycles. The number of amides is 1. The molecule has 1 amide bonds. The van der Waals surface area contributed by atoms with E-state index in [4.69, 9.17) is 16.3 Å². The summed E-state index contributed by atoms with van der Waals surface area (Å²) in [5, 5.41) is 3.21. The van der Waals surface area contributed by atoms with Crippen LogP contribution in [0.4, 0.5) is 0 Å². The Morgan fingerprint density at radius 1 is 1.03 bits per heavy atom. The normalized spacial score (nSPS) is 11.4. The molecule has 3 aromatic rings. The number of methoxy groups -OCH3 is 1. The van der Waals surface area contributed by atoms with E-state index in [-0.39, 0.29) is 24.5 Å². The van der Waals surface area contributed by atoms with Gasteiger partial charge in [0.1, 0.15) is 5.75 Å². The minimum atomic E-state index is -3.94. The largest absolute Gasteiger partial charge is 0.497 e. The van der Waals surface area contributed by atoms with Gasteiger partial charge >= 0.3 is 0 Å². The lowest BCUT2D eigenvalue weighted by Gasteiger charge is -2.22. The van der Waals surface area contributed by atoms with Crippen molar-refractivity contribution in [1.29, 1.82) is 0 Å². The molecule has 0 unspecified atom stereocenters. The van der Waals surface area contributed by atoms with Crippen LogP contribution < -0.4 is 10.1 Å². The van der Waals surface area contributed by atoms with Gasteiger partial charge in [-0.3, -0.25) is 4.79 Å². The lowest BCUT2D eigenvalue weighted by atomic mass is 10.2.